The van der Waals surface area contributed by atoms with Crippen LogP contribution in [0.4, 0.5) is 5.13 Å². The molecule has 0 saturated carbocycles. The maximum atomic E-state index is 12.8. The van der Waals surface area contributed by atoms with E-state index in [1.165, 1.54) is 33.9 Å². The summed E-state index contributed by atoms with van der Waals surface area (Å²) in [4.78, 5) is 16.1. The van der Waals surface area contributed by atoms with E-state index in [2.05, 4.69) is 26.2 Å². The third-order valence-electron chi connectivity index (χ3n) is 3.89. The third-order valence-corrected chi connectivity index (χ3v) is 9.08. The molecule has 0 aliphatic carbocycles. The molecule has 2 aromatic heterocycles. The van der Waals surface area contributed by atoms with Gasteiger partial charge in [-0.05, 0) is 40.4 Å². The minimum Gasteiger partial charge on any atom is -0.392 e. The number of nitrogens with one attached hydrogen (secondary N) is 1. The van der Waals surface area contributed by atoms with Gasteiger partial charge in [-0.1, -0.05) is 0 Å². The van der Waals surface area contributed by atoms with Crippen LogP contribution in [0.5, 0.6) is 0 Å². The predicted molar refractivity (Wildman–Crippen MR) is 105 cm³/mol. The first kappa shape index (κ1) is 19.9. The highest BCUT2D eigenvalue weighted by Gasteiger charge is 2.31. The minimum atomic E-state index is -3.61. The lowest BCUT2D eigenvalue weighted by Crippen LogP contribution is -2.41. The number of hydrogen-bond acceptors (Lipinski definition) is 7. The van der Waals surface area contributed by atoms with Crippen LogP contribution in [-0.2, 0) is 21.2 Å². The molecule has 1 amide bonds. The first-order valence-electron chi connectivity index (χ1n) is 7.94. The Morgan fingerprint density at radius 3 is 2.96 bits per heavy atom. The van der Waals surface area contributed by atoms with Crippen molar-refractivity contribution in [2.45, 2.75) is 36.5 Å². The summed E-state index contributed by atoms with van der Waals surface area (Å²) in [7, 11) is -3.61. The summed E-state index contributed by atoms with van der Waals surface area (Å²) in [5.74, 6) is -0.181. The summed E-state index contributed by atoms with van der Waals surface area (Å²) in [6.45, 7) is 1.99. The van der Waals surface area contributed by atoms with E-state index in [1.807, 2.05) is 0 Å². The molecule has 0 radical (unpaired) electrons. The van der Waals surface area contributed by atoms with Crippen LogP contribution in [-0.4, -0.2) is 47.9 Å². The number of aromatic nitrogens is 1. The molecule has 1 saturated heterocycles. The van der Waals surface area contributed by atoms with E-state index in [1.54, 1.807) is 12.3 Å². The van der Waals surface area contributed by atoms with Crippen LogP contribution in [0.3, 0.4) is 0 Å². The molecular formula is C15H18BrN3O4S3. The van der Waals surface area contributed by atoms with Gasteiger partial charge in [0.05, 0.1) is 9.89 Å². The normalized spacial score (nSPS) is 18.8. The number of anilines is 1. The predicted octanol–water partition coefficient (Wildman–Crippen LogP) is 2.66. The van der Waals surface area contributed by atoms with Crippen molar-refractivity contribution in [3.8, 4) is 0 Å². The summed E-state index contributed by atoms with van der Waals surface area (Å²) < 4.78 is 28.0. The Kier molecular flexibility index (Phi) is 6.14. The Balaban J connectivity index is 1.78. The largest absolute Gasteiger partial charge is 0.392 e. The van der Waals surface area contributed by atoms with Gasteiger partial charge in [0, 0.05) is 37.5 Å². The van der Waals surface area contributed by atoms with Crippen LogP contribution < -0.4 is 5.32 Å². The van der Waals surface area contributed by atoms with E-state index < -0.39 is 16.1 Å². The fourth-order valence-electron chi connectivity index (χ4n) is 2.68. The number of amides is 1. The van der Waals surface area contributed by atoms with Crippen molar-refractivity contribution in [3.05, 3.63) is 26.5 Å². The number of aliphatic hydroxyl groups excluding tert-OH is 1. The summed E-state index contributed by atoms with van der Waals surface area (Å²) in [5, 5.41) is 12.9. The standard InChI is InChI=1S/C15H18BrN3O4S3/c1-9(20)18-15-17-7-12(24-15)5-10-6-13(25-14(10)16)26(22,23)19-4-2-3-11(21)8-19/h6-7,11,21H,2-5,8H2,1H3,(H,17,18,20). The summed E-state index contributed by atoms with van der Waals surface area (Å²) >= 11 is 5.98. The summed E-state index contributed by atoms with van der Waals surface area (Å²) in [5.41, 5.74) is 0.851. The number of carbonyl (C=O) groups is 1. The van der Waals surface area contributed by atoms with Crippen molar-refractivity contribution < 1.29 is 18.3 Å². The smallest absolute Gasteiger partial charge is 0.252 e. The van der Waals surface area contributed by atoms with Crippen LogP contribution in [0, 0.1) is 0 Å². The number of aliphatic hydroxyl groups is 1. The summed E-state index contributed by atoms with van der Waals surface area (Å²) in [6.07, 6.45) is 2.88. The molecule has 7 nitrogen and oxygen atoms in total. The van der Waals surface area contributed by atoms with Gasteiger partial charge in [0.2, 0.25) is 5.91 Å². The monoisotopic (exact) mass is 479 g/mol. The highest BCUT2D eigenvalue weighted by molar-refractivity contribution is 9.11. The van der Waals surface area contributed by atoms with Crippen molar-refractivity contribution in [1.82, 2.24) is 9.29 Å². The molecule has 0 spiro atoms. The zero-order valence-electron chi connectivity index (χ0n) is 13.9. The Labute approximate surface area is 168 Å². The lowest BCUT2D eigenvalue weighted by atomic mass is 10.1. The third kappa shape index (κ3) is 4.52. The number of halogens is 1. The second-order valence-corrected chi connectivity index (χ2v) is 11.7. The maximum Gasteiger partial charge on any atom is 0.252 e. The van der Waals surface area contributed by atoms with Crippen molar-refractivity contribution in [2.75, 3.05) is 18.4 Å². The quantitative estimate of drug-likeness (QED) is 0.686. The molecule has 1 unspecified atom stereocenters. The van der Waals surface area contributed by atoms with Gasteiger partial charge >= 0.3 is 0 Å². The Bertz CT molecular complexity index is 909. The molecular weight excluding hydrogens is 462 g/mol. The first-order chi connectivity index (χ1) is 12.3. The minimum absolute atomic E-state index is 0.141. The van der Waals surface area contributed by atoms with Gasteiger partial charge in [-0.25, -0.2) is 13.4 Å². The molecule has 1 aliphatic heterocycles. The van der Waals surface area contributed by atoms with Crippen molar-refractivity contribution in [1.29, 1.82) is 0 Å². The van der Waals surface area contributed by atoms with Gasteiger partial charge in [0.25, 0.3) is 10.0 Å². The van der Waals surface area contributed by atoms with Crippen molar-refractivity contribution >= 4 is 59.7 Å². The van der Waals surface area contributed by atoms with Gasteiger partial charge < -0.3 is 10.4 Å². The molecule has 2 N–H and O–H groups in total. The molecule has 0 aromatic carbocycles. The number of thiophene rings is 1. The second kappa shape index (κ2) is 8.03. The van der Waals surface area contributed by atoms with Crippen LogP contribution in [0.15, 0.2) is 20.3 Å². The lowest BCUT2D eigenvalue weighted by molar-refractivity contribution is -0.114. The van der Waals surface area contributed by atoms with E-state index in [9.17, 15) is 18.3 Å². The zero-order chi connectivity index (χ0) is 18.9. The Morgan fingerprint density at radius 1 is 1.50 bits per heavy atom. The Hall–Kier alpha value is -0.850. The molecule has 11 heteroatoms. The van der Waals surface area contributed by atoms with E-state index in [0.717, 1.165) is 14.2 Å². The molecule has 142 valence electrons. The van der Waals surface area contributed by atoms with E-state index in [-0.39, 0.29) is 16.7 Å². The highest BCUT2D eigenvalue weighted by Crippen LogP contribution is 2.36. The van der Waals surface area contributed by atoms with Gasteiger partial charge in [-0.2, -0.15) is 4.31 Å². The van der Waals surface area contributed by atoms with E-state index in [0.29, 0.717) is 30.9 Å². The van der Waals surface area contributed by atoms with E-state index in [4.69, 9.17) is 0 Å². The fourth-order valence-corrected chi connectivity index (χ4v) is 7.57. The lowest BCUT2D eigenvalue weighted by Gasteiger charge is -2.28. The van der Waals surface area contributed by atoms with Crippen LogP contribution >= 0.6 is 38.6 Å². The van der Waals surface area contributed by atoms with Gasteiger partial charge in [-0.3, -0.25) is 4.79 Å². The van der Waals surface area contributed by atoms with Crippen LogP contribution in [0.25, 0.3) is 0 Å². The molecule has 0 bridgehead atoms. The van der Waals surface area contributed by atoms with Crippen LogP contribution in [0.2, 0.25) is 0 Å². The van der Waals surface area contributed by atoms with Crippen LogP contribution in [0.1, 0.15) is 30.2 Å². The average Bonchev–Trinajstić information content (AvgIpc) is 3.14. The molecule has 1 atom stereocenters. The number of carbonyl (C=O) groups excluding carboxylic acids is 1. The van der Waals surface area contributed by atoms with Crippen molar-refractivity contribution in [3.63, 3.8) is 0 Å². The average molecular weight is 480 g/mol. The number of thiazole rings is 1. The van der Waals surface area contributed by atoms with Gasteiger partial charge in [-0.15, -0.1) is 22.7 Å². The molecule has 1 aliphatic rings. The molecule has 2 aromatic rings. The Morgan fingerprint density at radius 2 is 2.27 bits per heavy atom. The maximum absolute atomic E-state index is 12.8. The van der Waals surface area contributed by atoms with Gasteiger partial charge in [0.15, 0.2) is 5.13 Å². The second-order valence-electron chi connectivity index (χ2n) is 6.01. The fraction of sp³-hybridized carbons (Fsp3) is 0.467. The number of hydrogen-bond donors (Lipinski definition) is 2. The van der Waals surface area contributed by atoms with E-state index >= 15 is 0 Å². The number of β-amino-alcohol motifs (C(OH)–C–C–N with tert-alkyl or cyclic N) is 1. The number of nitrogens with zero attached hydrogens (tertiary/aromatic N) is 2. The first-order valence-corrected chi connectivity index (χ1v) is 11.8. The molecule has 1 fully saturated rings. The number of sulfonamides is 1. The van der Waals surface area contributed by atoms with Gasteiger partial charge in [0.1, 0.15) is 4.21 Å². The number of rotatable bonds is 5. The molecule has 26 heavy (non-hydrogen) atoms. The SMILES string of the molecule is CC(=O)Nc1ncc(Cc2cc(S(=O)(=O)N3CCCC(O)C3)sc2Br)s1. The topological polar surface area (TPSA) is 99.6 Å². The molecule has 3 rings (SSSR count). The van der Waals surface area contributed by atoms with Crippen molar-refractivity contribution in [2.24, 2.45) is 0 Å². The highest BCUT2D eigenvalue weighted by atomic mass is 79.9. The number of piperidine rings is 1. The zero-order valence-corrected chi connectivity index (χ0v) is 18.0. The molecule has 3 heterocycles. The summed E-state index contributed by atoms with van der Waals surface area (Å²) in [6, 6.07) is 1.67.